The molecule has 36 heavy (non-hydrogen) atoms. The second kappa shape index (κ2) is 11.5. The summed E-state index contributed by atoms with van der Waals surface area (Å²) < 4.78 is 63.4. The number of H-pyrrole nitrogens is 2. The van der Waals surface area contributed by atoms with Gasteiger partial charge in [-0.25, -0.2) is 9.97 Å². The maximum atomic E-state index is 11.3. The van der Waals surface area contributed by atoms with Gasteiger partial charge in [-0.1, -0.05) is 49.2 Å². The van der Waals surface area contributed by atoms with E-state index < -0.39 is 20.2 Å². The summed E-state index contributed by atoms with van der Waals surface area (Å²) in [5, 5.41) is 1.46. The van der Waals surface area contributed by atoms with Crippen LogP contribution in [0.25, 0.3) is 22.1 Å². The average Bonchev–Trinajstić information content (AvgIpc) is 3.41. The van der Waals surface area contributed by atoms with Crippen LogP contribution < -0.4 is 0 Å². The highest BCUT2D eigenvalue weighted by Crippen LogP contribution is 2.25. The fourth-order valence-corrected chi connectivity index (χ4v) is 6.42. The number of aromatic amines is 2. The van der Waals surface area contributed by atoms with Crippen LogP contribution in [0, 0.1) is 0 Å². The zero-order valence-electron chi connectivity index (χ0n) is 19.2. The van der Waals surface area contributed by atoms with Crippen LogP contribution in [0.3, 0.4) is 0 Å². The summed E-state index contributed by atoms with van der Waals surface area (Å²) in [5.41, 5.74) is 2.48. The van der Waals surface area contributed by atoms with E-state index in [-0.39, 0.29) is 9.79 Å². The number of hydrogen-bond acceptors (Lipinski definition) is 8. The molecule has 0 saturated heterocycles. The summed E-state index contributed by atoms with van der Waals surface area (Å²) in [6.45, 7) is 0. The third kappa shape index (κ3) is 7.23. The number of fused-ring (bicyclic) bond motifs is 2. The largest absolute Gasteiger partial charge is 0.333 e. The molecule has 10 nitrogen and oxygen atoms in total. The number of benzene rings is 2. The van der Waals surface area contributed by atoms with E-state index in [0.29, 0.717) is 22.1 Å². The average molecular weight is 571 g/mol. The second-order valence-corrected chi connectivity index (χ2v) is 13.2. The van der Waals surface area contributed by atoms with Gasteiger partial charge >= 0.3 is 0 Å². The van der Waals surface area contributed by atoms with E-state index in [9.17, 15) is 16.8 Å². The minimum atomic E-state index is -4.23. The zero-order valence-corrected chi connectivity index (χ0v) is 22.4. The Bertz CT molecular complexity index is 1450. The van der Waals surface area contributed by atoms with Crippen LogP contribution in [0.5, 0.6) is 0 Å². The molecule has 4 aromatic rings. The lowest BCUT2D eigenvalue weighted by Gasteiger charge is -2.01. The molecule has 0 spiro atoms. The number of aromatic nitrogens is 4. The Morgan fingerprint density at radius 1 is 0.639 bits per heavy atom. The predicted molar refractivity (Wildman–Crippen MR) is 141 cm³/mol. The van der Waals surface area contributed by atoms with Crippen LogP contribution in [-0.2, 0) is 20.2 Å². The highest BCUT2D eigenvalue weighted by Gasteiger charge is 2.13. The number of thioether (sulfide) groups is 2. The highest BCUT2D eigenvalue weighted by atomic mass is 32.2. The van der Waals surface area contributed by atoms with E-state index in [4.69, 9.17) is 9.11 Å². The number of rotatable bonds is 13. The lowest BCUT2D eigenvalue weighted by Crippen LogP contribution is -1.97. The molecule has 0 radical (unpaired) electrons. The molecule has 0 amide bonds. The number of unbranched alkanes of at least 4 members (excludes halogenated alkanes) is 5. The van der Waals surface area contributed by atoms with Gasteiger partial charge in [0.1, 0.15) is 0 Å². The van der Waals surface area contributed by atoms with Crippen molar-refractivity contribution in [2.45, 2.75) is 58.6 Å². The fraction of sp³-hybridized carbons (Fsp3) is 0.364. The van der Waals surface area contributed by atoms with Crippen molar-refractivity contribution >= 4 is 65.8 Å². The normalized spacial score (nSPS) is 12.6. The molecule has 2 aromatic heterocycles. The molecule has 194 valence electrons. The van der Waals surface area contributed by atoms with Gasteiger partial charge in [-0.15, -0.1) is 0 Å². The first-order valence-corrected chi connectivity index (χ1v) is 16.1. The second-order valence-electron chi connectivity index (χ2n) is 8.21. The van der Waals surface area contributed by atoms with Crippen LogP contribution >= 0.6 is 23.5 Å². The Balaban J connectivity index is 1.09. The van der Waals surface area contributed by atoms with Crippen molar-refractivity contribution in [1.82, 2.24) is 19.9 Å². The monoisotopic (exact) mass is 570 g/mol. The van der Waals surface area contributed by atoms with Crippen LogP contribution in [0.15, 0.2) is 56.5 Å². The summed E-state index contributed by atoms with van der Waals surface area (Å²) >= 11 is 3.19. The van der Waals surface area contributed by atoms with E-state index in [2.05, 4.69) is 19.9 Å². The minimum Gasteiger partial charge on any atom is -0.333 e. The van der Waals surface area contributed by atoms with Gasteiger partial charge in [0.2, 0.25) is 0 Å². The van der Waals surface area contributed by atoms with E-state index in [1.165, 1.54) is 24.3 Å². The molecule has 0 unspecified atom stereocenters. The molecule has 4 N–H and O–H groups in total. The van der Waals surface area contributed by atoms with E-state index in [1.807, 2.05) is 0 Å². The molecule has 0 saturated carbocycles. The third-order valence-electron chi connectivity index (χ3n) is 5.48. The molecular weight excluding hydrogens is 545 g/mol. The van der Waals surface area contributed by atoms with Crippen molar-refractivity contribution in [3.05, 3.63) is 36.4 Å². The molecule has 2 heterocycles. The Morgan fingerprint density at radius 2 is 1.03 bits per heavy atom. The van der Waals surface area contributed by atoms with Gasteiger partial charge in [-0.3, -0.25) is 9.11 Å². The van der Waals surface area contributed by atoms with Crippen molar-refractivity contribution in [1.29, 1.82) is 0 Å². The number of nitrogens with one attached hydrogen (secondary N) is 2. The number of nitrogens with zero attached hydrogens (tertiary/aromatic N) is 2. The topological polar surface area (TPSA) is 166 Å². The summed E-state index contributed by atoms with van der Waals surface area (Å²) in [6.07, 6.45) is 6.63. The van der Waals surface area contributed by atoms with Gasteiger partial charge in [-0.2, -0.15) is 16.8 Å². The maximum Gasteiger partial charge on any atom is 0.294 e. The minimum absolute atomic E-state index is 0.152. The Morgan fingerprint density at radius 3 is 1.42 bits per heavy atom. The lowest BCUT2D eigenvalue weighted by atomic mass is 10.1. The van der Waals surface area contributed by atoms with Crippen LogP contribution in [0.2, 0.25) is 0 Å². The molecule has 14 heteroatoms. The van der Waals surface area contributed by atoms with Gasteiger partial charge in [0.05, 0.1) is 31.9 Å². The molecule has 2 aromatic carbocycles. The summed E-state index contributed by atoms with van der Waals surface area (Å²) in [7, 11) is -8.47. The summed E-state index contributed by atoms with van der Waals surface area (Å²) in [4.78, 5) is 14.8. The van der Waals surface area contributed by atoms with Crippen LogP contribution in [0.4, 0.5) is 0 Å². The summed E-state index contributed by atoms with van der Waals surface area (Å²) in [5.74, 6) is 1.82. The van der Waals surface area contributed by atoms with Gasteiger partial charge in [0.25, 0.3) is 20.2 Å². The first-order valence-electron chi connectivity index (χ1n) is 11.3. The van der Waals surface area contributed by atoms with Gasteiger partial charge in [0, 0.05) is 11.5 Å². The SMILES string of the molecule is O=S(=O)(O)c1ccc2nc(SCCCCCCCCSc3nc4ccc(S(=O)(=O)O)cc4[nH]3)[nH]c2c1. The Labute approximate surface area is 217 Å². The Hall–Kier alpha value is -2.10. The fourth-order valence-electron chi connectivity index (χ4n) is 3.64. The third-order valence-corrected chi connectivity index (χ3v) is 9.09. The van der Waals surface area contributed by atoms with E-state index >= 15 is 0 Å². The van der Waals surface area contributed by atoms with Gasteiger partial charge < -0.3 is 9.97 Å². The molecular formula is C22H26N4O6S4. The standard InChI is InChI=1S/C22H26N4O6S4/c27-35(28,29)15-7-9-17-19(13-15)25-21(23-17)33-11-5-3-1-2-4-6-12-34-22-24-18-10-8-16(36(30,31)32)14-20(18)26-22/h7-10,13-14H,1-6,11-12H2,(H,23,25)(H,24,26)(H,27,28,29)(H,30,31,32). The number of imidazole rings is 2. The van der Waals surface area contributed by atoms with E-state index in [1.54, 1.807) is 35.7 Å². The molecule has 0 aliphatic heterocycles. The molecule has 4 rings (SSSR count). The quantitative estimate of drug-likeness (QED) is 0.0958. The van der Waals surface area contributed by atoms with Crippen molar-refractivity contribution in [3.63, 3.8) is 0 Å². The first-order chi connectivity index (χ1) is 17.1. The Kier molecular flexibility index (Phi) is 8.63. The molecule has 0 bridgehead atoms. The van der Waals surface area contributed by atoms with E-state index in [0.717, 1.165) is 60.3 Å². The smallest absolute Gasteiger partial charge is 0.294 e. The molecule has 0 aliphatic rings. The number of hydrogen-bond donors (Lipinski definition) is 4. The molecule has 0 aliphatic carbocycles. The van der Waals surface area contributed by atoms with Gasteiger partial charge in [0.15, 0.2) is 10.3 Å². The molecule has 0 fully saturated rings. The van der Waals surface area contributed by atoms with Crippen molar-refractivity contribution in [3.8, 4) is 0 Å². The van der Waals surface area contributed by atoms with Crippen LogP contribution in [-0.4, -0.2) is 57.4 Å². The predicted octanol–water partition coefficient (Wildman–Crippen LogP) is 5.16. The first kappa shape index (κ1) is 26.9. The van der Waals surface area contributed by atoms with Crippen LogP contribution in [0.1, 0.15) is 38.5 Å². The summed E-state index contributed by atoms with van der Waals surface area (Å²) in [6, 6.07) is 8.59. The maximum absolute atomic E-state index is 11.3. The molecule has 0 atom stereocenters. The zero-order chi connectivity index (χ0) is 25.8. The van der Waals surface area contributed by atoms with Crippen molar-refractivity contribution in [2.24, 2.45) is 0 Å². The lowest BCUT2D eigenvalue weighted by molar-refractivity contribution is 0.481. The van der Waals surface area contributed by atoms with Gasteiger partial charge in [-0.05, 0) is 49.2 Å². The van der Waals surface area contributed by atoms with Crippen molar-refractivity contribution < 1.29 is 25.9 Å². The highest BCUT2D eigenvalue weighted by molar-refractivity contribution is 7.99. The van der Waals surface area contributed by atoms with Crippen molar-refractivity contribution in [2.75, 3.05) is 11.5 Å².